The van der Waals surface area contributed by atoms with Gasteiger partial charge in [0.2, 0.25) is 10.4 Å². The molecule has 88 valence electrons. The van der Waals surface area contributed by atoms with Gasteiger partial charge in [0, 0.05) is 33.1 Å². The van der Waals surface area contributed by atoms with E-state index >= 15 is 0 Å². The molecule has 0 bridgehead atoms. The Morgan fingerprint density at radius 1 is 1.38 bits per heavy atom. The maximum Gasteiger partial charge on any atom is 0.219 e. The standard InChI is InChI=1S/C9H13ClN4OS/c1-7(15)14-4-2-13(3-5-14)6-8-11-12-9(10)16-8/h2-6H2,1H3. The predicted molar refractivity (Wildman–Crippen MR) is 62.5 cm³/mol. The molecule has 1 saturated heterocycles. The molecule has 2 rings (SSSR count). The van der Waals surface area contributed by atoms with Crippen molar-refractivity contribution in [3.8, 4) is 0 Å². The van der Waals surface area contributed by atoms with Gasteiger partial charge in [0.05, 0.1) is 6.54 Å². The zero-order chi connectivity index (χ0) is 11.5. The quantitative estimate of drug-likeness (QED) is 0.791. The molecule has 1 amide bonds. The maximum atomic E-state index is 11.1. The molecule has 0 aromatic carbocycles. The van der Waals surface area contributed by atoms with Crippen LogP contribution in [0.2, 0.25) is 4.47 Å². The number of nitrogens with zero attached hydrogens (tertiary/aromatic N) is 4. The fourth-order valence-corrected chi connectivity index (χ4v) is 2.62. The van der Waals surface area contributed by atoms with Gasteiger partial charge < -0.3 is 4.90 Å². The number of hydrogen-bond acceptors (Lipinski definition) is 5. The summed E-state index contributed by atoms with van der Waals surface area (Å²) in [6.07, 6.45) is 0. The Hall–Kier alpha value is -0.720. The van der Waals surface area contributed by atoms with Crippen molar-refractivity contribution in [2.24, 2.45) is 0 Å². The van der Waals surface area contributed by atoms with Crippen molar-refractivity contribution in [2.75, 3.05) is 26.2 Å². The van der Waals surface area contributed by atoms with Gasteiger partial charge in [-0.05, 0) is 11.6 Å². The van der Waals surface area contributed by atoms with Crippen LogP contribution in [0.15, 0.2) is 0 Å². The summed E-state index contributed by atoms with van der Waals surface area (Å²) < 4.78 is 0.484. The minimum Gasteiger partial charge on any atom is -0.340 e. The summed E-state index contributed by atoms with van der Waals surface area (Å²) in [5.74, 6) is 0.151. The lowest BCUT2D eigenvalue weighted by Gasteiger charge is -2.33. The number of hydrogen-bond donors (Lipinski definition) is 0. The Morgan fingerprint density at radius 3 is 2.56 bits per heavy atom. The molecule has 0 N–H and O–H groups in total. The molecule has 0 unspecified atom stereocenters. The van der Waals surface area contributed by atoms with E-state index in [0.717, 1.165) is 37.7 Å². The fraction of sp³-hybridized carbons (Fsp3) is 0.667. The highest BCUT2D eigenvalue weighted by Gasteiger charge is 2.19. The third kappa shape index (κ3) is 2.90. The van der Waals surface area contributed by atoms with E-state index in [0.29, 0.717) is 4.47 Å². The monoisotopic (exact) mass is 260 g/mol. The van der Waals surface area contributed by atoms with Crippen LogP contribution in [0, 0.1) is 0 Å². The molecule has 5 nitrogen and oxygen atoms in total. The van der Waals surface area contributed by atoms with E-state index in [1.165, 1.54) is 11.3 Å². The first-order valence-electron chi connectivity index (χ1n) is 5.11. The first kappa shape index (κ1) is 11.8. The van der Waals surface area contributed by atoms with Crippen LogP contribution in [-0.2, 0) is 11.3 Å². The number of piperazine rings is 1. The van der Waals surface area contributed by atoms with Gasteiger partial charge in [-0.3, -0.25) is 9.69 Å². The van der Waals surface area contributed by atoms with Gasteiger partial charge in [0.1, 0.15) is 5.01 Å². The summed E-state index contributed by atoms with van der Waals surface area (Å²) in [6.45, 7) is 5.74. The van der Waals surface area contributed by atoms with Crippen LogP contribution >= 0.6 is 22.9 Å². The number of aromatic nitrogens is 2. The van der Waals surface area contributed by atoms with E-state index in [9.17, 15) is 4.79 Å². The topological polar surface area (TPSA) is 49.3 Å². The lowest BCUT2D eigenvalue weighted by Crippen LogP contribution is -2.47. The Morgan fingerprint density at radius 2 is 2.06 bits per heavy atom. The van der Waals surface area contributed by atoms with E-state index in [1.54, 1.807) is 6.92 Å². The largest absolute Gasteiger partial charge is 0.340 e. The van der Waals surface area contributed by atoms with E-state index in [-0.39, 0.29) is 5.91 Å². The van der Waals surface area contributed by atoms with Gasteiger partial charge >= 0.3 is 0 Å². The fourth-order valence-electron chi connectivity index (χ4n) is 1.71. The van der Waals surface area contributed by atoms with Crippen molar-refractivity contribution >= 4 is 28.8 Å². The Bertz CT molecular complexity index is 375. The van der Waals surface area contributed by atoms with E-state index in [2.05, 4.69) is 15.1 Å². The van der Waals surface area contributed by atoms with Gasteiger partial charge in [-0.2, -0.15) is 0 Å². The van der Waals surface area contributed by atoms with E-state index in [1.807, 2.05) is 4.90 Å². The van der Waals surface area contributed by atoms with Gasteiger partial charge in [0.25, 0.3) is 0 Å². The molecule has 1 aliphatic heterocycles. The van der Waals surface area contributed by atoms with Crippen molar-refractivity contribution < 1.29 is 4.79 Å². The molecule has 16 heavy (non-hydrogen) atoms. The summed E-state index contributed by atoms with van der Waals surface area (Å²) in [4.78, 5) is 15.3. The molecule has 0 spiro atoms. The number of carbonyl (C=O) groups is 1. The number of amides is 1. The molecule has 7 heteroatoms. The molecular weight excluding hydrogens is 248 g/mol. The first-order chi connectivity index (χ1) is 7.65. The van der Waals surface area contributed by atoms with E-state index < -0.39 is 0 Å². The molecular formula is C9H13ClN4OS. The zero-order valence-corrected chi connectivity index (χ0v) is 10.6. The minimum absolute atomic E-state index is 0.151. The SMILES string of the molecule is CC(=O)N1CCN(Cc2nnc(Cl)s2)CC1. The van der Waals surface area contributed by atoms with Crippen molar-refractivity contribution in [2.45, 2.75) is 13.5 Å². The number of halogens is 1. The molecule has 0 aliphatic carbocycles. The summed E-state index contributed by atoms with van der Waals surface area (Å²) in [5, 5.41) is 8.68. The van der Waals surface area contributed by atoms with Crippen LogP contribution in [0.5, 0.6) is 0 Å². The number of rotatable bonds is 2. The molecule has 1 fully saturated rings. The molecule has 2 heterocycles. The van der Waals surface area contributed by atoms with Crippen LogP contribution in [0.25, 0.3) is 0 Å². The highest BCUT2D eigenvalue weighted by Crippen LogP contribution is 2.17. The van der Waals surface area contributed by atoms with Crippen LogP contribution in [0.3, 0.4) is 0 Å². The summed E-state index contributed by atoms with van der Waals surface area (Å²) >= 11 is 7.13. The third-order valence-electron chi connectivity index (χ3n) is 2.62. The second-order valence-electron chi connectivity index (χ2n) is 3.73. The lowest BCUT2D eigenvalue weighted by molar-refractivity contribution is -0.130. The molecule has 1 aromatic rings. The van der Waals surface area contributed by atoms with Crippen molar-refractivity contribution in [1.29, 1.82) is 0 Å². The van der Waals surface area contributed by atoms with Crippen LogP contribution in [-0.4, -0.2) is 52.1 Å². The number of carbonyl (C=O) groups excluding carboxylic acids is 1. The van der Waals surface area contributed by atoms with Crippen LogP contribution < -0.4 is 0 Å². The van der Waals surface area contributed by atoms with Gasteiger partial charge in [-0.25, -0.2) is 0 Å². The van der Waals surface area contributed by atoms with Crippen molar-refractivity contribution in [1.82, 2.24) is 20.0 Å². The first-order valence-corrected chi connectivity index (χ1v) is 6.30. The summed E-state index contributed by atoms with van der Waals surface area (Å²) in [7, 11) is 0. The van der Waals surface area contributed by atoms with Crippen molar-refractivity contribution in [3.05, 3.63) is 9.47 Å². The maximum absolute atomic E-state index is 11.1. The average molecular weight is 261 g/mol. The second kappa shape index (κ2) is 5.07. The predicted octanol–water partition coefficient (Wildman–Crippen LogP) is 0.856. The van der Waals surface area contributed by atoms with Gasteiger partial charge in [0.15, 0.2) is 0 Å². The summed E-state index contributed by atoms with van der Waals surface area (Å²) in [5.41, 5.74) is 0. The van der Waals surface area contributed by atoms with E-state index in [4.69, 9.17) is 11.6 Å². The van der Waals surface area contributed by atoms with Crippen LogP contribution in [0.1, 0.15) is 11.9 Å². The molecule has 0 radical (unpaired) electrons. The molecule has 1 aliphatic rings. The van der Waals surface area contributed by atoms with Gasteiger partial charge in [-0.15, -0.1) is 10.2 Å². The highest BCUT2D eigenvalue weighted by atomic mass is 35.5. The average Bonchev–Trinajstić information content (AvgIpc) is 2.65. The minimum atomic E-state index is 0.151. The Balaban J connectivity index is 1.83. The second-order valence-corrected chi connectivity index (χ2v) is 5.38. The highest BCUT2D eigenvalue weighted by molar-refractivity contribution is 7.15. The smallest absolute Gasteiger partial charge is 0.219 e. The Kier molecular flexibility index (Phi) is 3.73. The molecule has 0 saturated carbocycles. The molecule has 1 aromatic heterocycles. The van der Waals surface area contributed by atoms with Gasteiger partial charge in [-0.1, -0.05) is 11.3 Å². The van der Waals surface area contributed by atoms with Crippen LogP contribution in [0.4, 0.5) is 0 Å². The van der Waals surface area contributed by atoms with Crippen molar-refractivity contribution in [3.63, 3.8) is 0 Å². The third-order valence-corrected chi connectivity index (χ3v) is 3.62. The summed E-state index contributed by atoms with van der Waals surface area (Å²) in [6, 6.07) is 0. The zero-order valence-electron chi connectivity index (χ0n) is 9.02. The normalized spacial score (nSPS) is 17.8. The Labute approximate surface area is 103 Å². The molecule has 0 atom stereocenters. The lowest BCUT2D eigenvalue weighted by atomic mass is 10.3.